The predicted molar refractivity (Wildman–Crippen MR) is 116 cm³/mol. The standard InChI is InChI=1S/C24H27FN2O5/c1-15-14-18(25)6-11-21(15)23(29)27-13-12-26-22(28)16-2-7-19(8-3-16)32-20-9-4-17(5-10-20)24(30)31/h2-3,6-8,11,14,17,20H,4-5,9-10,12-13H2,1H3,(H,26,28)(H,27,29)(H,30,31)/t17-,20+. The summed E-state index contributed by atoms with van der Waals surface area (Å²) in [5.41, 5.74) is 1.40. The Morgan fingerprint density at radius 2 is 1.59 bits per heavy atom. The van der Waals surface area contributed by atoms with Gasteiger partial charge in [-0.3, -0.25) is 14.4 Å². The van der Waals surface area contributed by atoms with Crippen LogP contribution < -0.4 is 15.4 Å². The highest BCUT2D eigenvalue weighted by Gasteiger charge is 2.26. The lowest BCUT2D eigenvalue weighted by atomic mass is 9.87. The van der Waals surface area contributed by atoms with Crippen LogP contribution in [0.3, 0.4) is 0 Å². The van der Waals surface area contributed by atoms with Crippen LogP contribution in [0.25, 0.3) is 0 Å². The number of carbonyl (C=O) groups excluding carboxylic acids is 2. The minimum absolute atomic E-state index is 0.0152. The zero-order valence-electron chi connectivity index (χ0n) is 17.9. The molecule has 0 spiro atoms. The van der Waals surface area contributed by atoms with Gasteiger partial charge >= 0.3 is 5.97 Å². The molecule has 3 rings (SSSR count). The smallest absolute Gasteiger partial charge is 0.306 e. The topological polar surface area (TPSA) is 105 Å². The quantitative estimate of drug-likeness (QED) is 0.544. The van der Waals surface area contributed by atoms with Gasteiger partial charge in [0.05, 0.1) is 12.0 Å². The highest BCUT2D eigenvalue weighted by molar-refractivity contribution is 5.96. The highest BCUT2D eigenvalue weighted by Crippen LogP contribution is 2.28. The zero-order valence-corrected chi connectivity index (χ0v) is 17.9. The molecule has 0 unspecified atom stereocenters. The first-order chi connectivity index (χ1) is 15.3. The van der Waals surface area contributed by atoms with Gasteiger partial charge in [0, 0.05) is 24.2 Å². The van der Waals surface area contributed by atoms with Gasteiger partial charge in [-0.15, -0.1) is 0 Å². The third-order valence-corrected chi connectivity index (χ3v) is 5.57. The van der Waals surface area contributed by atoms with Gasteiger partial charge in [-0.25, -0.2) is 4.39 Å². The molecule has 0 aliphatic heterocycles. The second kappa shape index (κ2) is 10.7. The van der Waals surface area contributed by atoms with E-state index < -0.39 is 11.8 Å². The summed E-state index contributed by atoms with van der Waals surface area (Å²) in [5, 5.41) is 14.5. The van der Waals surface area contributed by atoms with E-state index in [0.29, 0.717) is 48.1 Å². The number of aryl methyl sites for hydroxylation is 1. The molecule has 3 N–H and O–H groups in total. The molecule has 170 valence electrons. The molecule has 0 radical (unpaired) electrons. The third kappa shape index (κ3) is 6.29. The number of amides is 2. The molecule has 0 atom stereocenters. The molecule has 1 saturated carbocycles. The van der Waals surface area contributed by atoms with E-state index in [2.05, 4.69) is 10.6 Å². The van der Waals surface area contributed by atoms with E-state index in [0.717, 1.165) is 0 Å². The number of aliphatic carboxylic acids is 1. The van der Waals surface area contributed by atoms with Crippen molar-refractivity contribution in [2.75, 3.05) is 13.1 Å². The molecule has 7 nitrogen and oxygen atoms in total. The number of benzene rings is 2. The molecular weight excluding hydrogens is 415 g/mol. The van der Waals surface area contributed by atoms with Gasteiger partial charge in [0.2, 0.25) is 0 Å². The first-order valence-corrected chi connectivity index (χ1v) is 10.7. The predicted octanol–water partition coefficient (Wildman–Crippen LogP) is 3.32. The molecule has 0 bridgehead atoms. The van der Waals surface area contributed by atoms with Crippen molar-refractivity contribution in [3.63, 3.8) is 0 Å². The Labute approximate surface area is 186 Å². The summed E-state index contributed by atoms with van der Waals surface area (Å²) in [6.45, 7) is 2.14. The van der Waals surface area contributed by atoms with Crippen molar-refractivity contribution in [1.29, 1.82) is 0 Å². The van der Waals surface area contributed by atoms with Crippen LogP contribution >= 0.6 is 0 Å². The van der Waals surface area contributed by atoms with Crippen LogP contribution in [-0.2, 0) is 4.79 Å². The third-order valence-electron chi connectivity index (χ3n) is 5.57. The van der Waals surface area contributed by atoms with E-state index in [1.165, 1.54) is 18.2 Å². The molecule has 8 heteroatoms. The van der Waals surface area contributed by atoms with E-state index >= 15 is 0 Å². The number of carbonyl (C=O) groups is 3. The first-order valence-electron chi connectivity index (χ1n) is 10.7. The van der Waals surface area contributed by atoms with Crippen molar-refractivity contribution in [3.05, 3.63) is 65.0 Å². The first kappa shape index (κ1) is 23.2. The fourth-order valence-electron chi connectivity index (χ4n) is 3.74. The molecular formula is C24H27FN2O5. The number of ether oxygens (including phenoxy) is 1. The van der Waals surface area contributed by atoms with Crippen molar-refractivity contribution >= 4 is 17.8 Å². The SMILES string of the molecule is Cc1cc(F)ccc1C(=O)NCCNC(=O)c1ccc(O[C@H]2CC[C@@H](C(=O)O)CC2)cc1. The summed E-state index contributed by atoms with van der Waals surface area (Å²) in [4.78, 5) is 35.5. The summed E-state index contributed by atoms with van der Waals surface area (Å²) in [7, 11) is 0. The Hall–Kier alpha value is -3.42. The minimum atomic E-state index is -0.746. The van der Waals surface area contributed by atoms with E-state index in [4.69, 9.17) is 9.84 Å². The molecule has 2 amide bonds. The lowest BCUT2D eigenvalue weighted by Crippen LogP contribution is -2.35. The van der Waals surface area contributed by atoms with Gasteiger partial charge in [-0.1, -0.05) is 0 Å². The summed E-state index contributed by atoms with van der Waals surface area (Å²) >= 11 is 0. The van der Waals surface area contributed by atoms with Gasteiger partial charge in [0.25, 0.3) is 11.8 Å². The van der Waals surface area contributed by atoms with Crippen LogP contribution in [0.15, 0.2) is 42.5 Å². The number of carboxylic acid groups (broad SMARTS) is 1. The van der Waals surface area contributed by atoms with Crippen molar-refractivity contribution < 1.29 is 28.6 Å². The normalized spacial score (nSPS) is 17.9. The molecule has 2 aromatic carbocycles. The number of carboxylic acids is 1. The fourth-order valence-corrected chi connectivity index (χ4v) is 3.74. The van der Waals surface area contributed by atoms with Crippen LogP contribution in [0, 0.1) is 18.7 Å². The van der Waals surface area contributed by atoms with Crippen LogP contribution in [0.1, 0.15) is 52.0 Å². The maximum absolute atomic E-state index is 13.1. The largest absolute Gasteiger partial charge is 0.490 e. The van der Waals surface area contributed by atoms with Gasteiger partial charge in [0.15, 0.2) is 0 Å². The van der Waals surface area contributed by atoms with Gasteiger partial charge < -0.3 is 20.5 Å². The molecule has 0 saturated heterocycles. The molecule has 2 aromatic rings. The van der Waals surface area contributed by atoms with Crippen LogP contribution in [0.2, 0.25) is 0 Å². The van der Waals surface area contributed by atoms with Crippen molar-refractivity contribution in [2.45, 2.75) is 38.7 Å². The Bertz CT molecular complexity index is 969. The maximum Gasteiger partial charge on any atom is 0.306 e. The van der Waals surface area contributed by atoms with Crippen molar-refractivity contribution in [1.82, 2.24) is 10.6 Å². The summed E-state index contributed by atoms with van der Waals surface area (Å²) < 4.78 is 19.1. The molecule has 0 heterocycles. The molecule has 1 aliphatic rings. The lowest BCUT2D eigenvalue weighted by molar-refractivity contribution is -0.143. The van der Waals surface area contributed by atoms with E-state index in [1.54, 1.807) is 31.2 Å². The minimum Gasteiger partial charge on any atom is -0.490 e. The van der Waals surface area contributed by atoms with Crippen molar-refractivity contribution in [2.24, 2.45) is 5.92 Å². The molecule has 1 aliphatic carbocycles. The Balaban J connectivity index is 1.40. The Morgan fingerprint density at radius 3 is 2.19 bits per heavy atom. The lowest BCUT2D eigenvalue weighted by Gasteiger charge is -2.26. The Morgan fingerprint density at radius 1 is 0.969 bits per heavy atom. The number of hydrogen-bond donors (Lipinski definition) is 3. The second-order valence-electron chi connectivity index (χ2n) is 7.93. The second-order valence-corrected chi connectivity index (χ2v) is 7.93. The van der Waals surface area contributed by atoms with Crippen molar-refractivity contribution in [3.8, 4) is 5.75 Å². The van der Waals surface area contributed by atoms with Crippen LogP contribution in [0.5, 0.6) is 5.75 Å². The zero-order chi connectivity index (χ0) is 23.1. The highest BCUT2D eigenvalue weighted by atomic mass is 19.1. The van der Waals surface area contributed by atoms with Gasteiger partial charge in [-0.2, -0.15) is 0 Å². The average Bonchev–Trinajstić information content (AvgIpc) is 2.77. The summed E-state index contributed by atoms with van der Waals surface area (Å²) in [5.74, 6) is -1.38. The van der Waals surface area contributed by atoms with Crippen LogP contribution in [0.4, 0.5) is 4.39 Å². The van der Waals surface area contributed by atoms with Gasteiger partial charge in [-0.05, 0) is 80.6 Å². The molecule has 32 heavy (non-hydrogen) atoms. The monoisotopic (exact) mass is 442 g/mol. The van der Waals surface area contributed by atoms with Crippen LogP contribution in [-0.4, -0.2) is 42.1 Å². The van der Waals surface area contributed by atoms with E-state index in [1.807, 2.05) is 0 Å². The number of rotatable bonds is 8. The van der Waals surface area contributed by atoms with E-state index in [9.17, 15) is 18.8 Å². The number of nitrogens with one attached hydrogen (secondary N) is 2. The number of halogens is 1. The summed E-state index contributed by atoms with van der Waals surface area (Å²) in [6, 6.07) is 10.7. The van der Waals surface area contributed by atoms with E-state index in [-0.39, 0.29) is 36.9 Å². The maximum atomic E-state index is 13.1. The Kier molecular flexibility index (Phi) is 7.81. The fraction of sp³-hybridized carbons (Fsp3) is 0.375. The molecule has 0 aromatic heterocycles. The number of hydrogen-bond acceptors (Lipinski definition) is 4. The average molecular weight is 442 g/mol. The summed E-state index contributed by atoms with van der Waals surface area (Å²) in [6.07, 6.45) is 2.60. The molecule has 1 fully saturated rings. The van der Waals surface area contributed by atoms with Gasteiger partial charge in [0.1, 0.15) is 11.6 Å².